The van der Waals surface area contributed by atoms with Gasteiger partial charge in [0.05, 0.1) is 5.69 Å². The molecule has 4 nitrogen and oxygen atoms in total. The highest BCUT2D eigenvalue weighted by atomic mass is 19.1. The normalized spacial score (nSPS) is 11.6. The van der Waals surface area contributed by atoms with Crippen molar-refractivity contribution >= 4 is 29.0 Å². The number of rotatable bonds is 13. The monoisotopic (exact) mass is 575 g/mol. The van der Waals surface area contributed by atoms with Gasteiger partial charge in [0.25, 0.3) is 0 Å². The molecule has 0 aromatic heterocycles. The van der Waals surface area contributed by atoms with Gasteiger partial charge in [-0.15, -0.1) is 0 Å². The molecule has 0 aliphatic carbocycles. The summed E-state index contributed by atoms with van der Waals surface area (Å²) in [5, 5.41) is 6.39. The molecule has 0 saturated heterocycles. The minimum absolute atomic E-state index is 0.255. The molecule has 1 unspecified atom stereocenters. The van der Waals surface area contributed by atoms with Crippen molar-refractivity contribution in [2.75, 3.05) is 18.1 Å². The van der Waals surface area contributed by atoms with E-state index in [9.17, 15) is 9.18 Å². The third kappa shape index (κ3) is 11.0. The Labute approximate surface area is 255 Å². The number of nitrogen functional groups attached to an aromatic ring is 1. The van der Waals surface area contributed by atoms with Crippen LogP contribution in [0.5, 0.6) is 0 Å². The zero-order valence-corrected chi connectivity index (χ0v) is 27.2. The van der Waals surface area contributed by atoms with Gasteiger partial charge in [0.15, 0.2) is 0 Å². The molecule has 0 radical (unpaired) electrons. The minimum atomic E-state index is -0.255. The zero-order chi connectivity index (χ0) is 31.5. The summed E-state index contributed by atoms with van der Waals surface area (Å²) in [6.07, 6.45) is 8.91. The third-order valence-electron chi connectivity index (χ3n) is 7.37. The number of aldehydes is 1. The Morgan fingerprint density at radius 1 is 0.952 bits per heavy atom. The molecule has 0 saturated carbocycles. The van der Waals surface area contributed by atoms with Crippen molar-refractivity contribution in [3.63, 3.8) is 0 Å². The van der Waals surface area contributed by atoms with Gasteiger partial charge in [-0.05, 0) is 79.5 Å². The first-order valence-electron chi connectivity index (χ1n) is 15.7. The summed E-state index contributed by atoms with van der Waals surface area (Å²) < 4.78 is 14.1. The molecule has 3 aromatic rings. The van der Waals surface area contributed by atoms with Crippen LogP contribution in [-0.4, -0.2) is 13.3 Å². The zero-order valence-electron chi connectivity index (χ0n) is 27.2. The van der Waals surface area contributed by atoms with Gasteiger partial charge in [0.1, 0.15) is 12.1 Å². The number of carbonyl (C=O) groups excluding carboxylic acids is 1. The summed E-state index contributed by atoms with van der Waals surface area (Å²) >= 11 is 0. The Hall–Kier alpha value is -3.60. The molecular formula is C37H54FN3O. The summed E-state index contributed by atoms with van der Waals surface area (Å²) in [6, 6.07) is 18.9. The lowest BCUT2D eigenvalue weighted by Gasteiger charge is -2.16. The largest absolute Gasteiger partial charge is 0.398 e. The van der Waals surface area contributed by atoms with Crippen molar-refractivity contribution < 1.29 is 9.18 Å². The van der Waals surface area contributed by atoms with Gasteiger partial charge in [0.2, 0.25) is 0 Å². The van der Waals surface area contributed by atoms with Crippen molar-refractivity contribution in [3.8, 4) is 0 Å². The predicted molar refractivity (Wildman–Crippen MR) is 182 cm³/mol. The topological polar surface area (TPSA) is 67.2 Å². The van der Waals surface area contributed by atoms with Crippen molar-refractivity contribution in [3.05, 3.63) is 94.3 Å². The van der Waals surface area contributed by atoms with Crippen LogP contribution in [0.3, 0.4) is 0 Å². The highest BCUT2D eigenvalue weighted by Gasteiger charge is 2.12. The van der Waals surface area contributed by atoms with E-state index in [-0.39, 0.29) is 5.82 Å². The van der Waals surface area contributed by atoms with Crippen LogP contribution in [0.1, 0.15) is 120 Å². The number of carbonyl (C=O) groups is 1. The first-order valence-corrected chi connectivity index (χ1v) is 15.7. The lowest BCUT2D eigenvalue weighted by atomic mass is 9.89. The van der Waals surface area contributed by atoms with Crippen LogP contribution in [0, 0.1) is 5.82 Å². The molecule has 3 rings (SSSR count). The number of benzene rings is 3. The van der Waals surface area contributed by atoms with E-state index in [1.54, 1.807) is 6.07 Å². The molecule has 3 aromatic carbocycles. The summed E-state index contributed by atoms with van der Waals surface area (Å²) in [6.45, 7) is 14.7. The van der Waals surface area contributed by atoms with Gasteiger partial charge >= 0.3 is 0 Å². The average molecular weight is 576 g/mol. The fourth-order valence-corrected chi connectivity index (χ4v) is 4.89. The number of para-hydroxylation sites is 1. The van der Waals surface area contributed by atoms with Crippen LogP contribution in [-0.2, 0) is 6.42 Å². The number of hydrogen-bond donors (Lipinski definition) is 3. The fraction of sp³-hybridized carbons (Fsp3) is 0.432. The fourth-order valence-electron chi connectivity index (χ4n) is 4.89. The summed E-state index contributed by atoms with van der Waals surface area (Å²) in [7, 11) is 1.90. The Morgan fingerprint density at radius 2 is 1.64 bits per heavy atom. The molecule has 42 heavy (non-hydrogen) atoms. The molecule has 0 spiro atoms. The summed E-state index contributed by atoms with van der Waals surface area (Å²) in [5.74, 6) is 0.417. The number of anilines is 3. The molecule has 1 atom stereocenters. The van der Waals surface area contributed by atoms with E-state index in [4.69, 9.17) is 5.73 Å². The van der Waals surface area contributed by atoms with Gasteiger partial charge in [0, 0.05) is 35.2 Å². The van der Waals surface area contributed by atoms with Crippen LogP contribution in [0.2, 0.25) is 0 Å². The van der Waals surface area contributed by atoms with E-state index in [0.717, 1.165) is 47.2 Å². The second-order valence-corrected chi connectivity index (χ2v) is 10.2. The number of nitrogens with two attached hydrogens (primary N) is 1. The van der Waals surface area contributed by atoms with E-state index in [0.29, 0.717) is 17.3 Å². The number of nitrogens with one attached hydrogen (secondary N) is 2. The van der Waals surface area contributed by atoms with Gasteiger partial charge in [-0.25, -0.2) is 4.39 Å². The van der Waals surface area contributed by atoms with Crippen molar-refractivity contribution in [2.45, 2.75) is 99.3 Å². The first kappa shape index (κ1) is 36.4. The molecule has 230 valence electrons. The Bertz CT molecular complexity index is 1230. The first-order chi connectivity index (χ1) is 20.3. The molecule has 0 aliphatic heterocycles. The van der Waals surface area contributed by atoms with Crippen molar-refractivity contribution in [1.82, 2.24) is 5.32 Å². The van der Waals surface area contributed by atoms with E-state index in [1.807, 2.05) is 64.2 Å². The predicted octanol–water partition coefficient (Wildman–Crippen LogP) is 10.7. The Morgan fingerprint density at radius 3 is 2.17 bits per heavy atom. The van der Waals surface area contributed by atoms with Gasteiger partial charge in [-0.3, -0.25) is 4.79 Å². The van der Waals surface area contributed by atoms with Crippen LogP contribution in [0.4, 0.5) is 21.5 Å². The molecule has 5 heteroatoms. The van der Waals surface area contributed by atoms with E-state index < -0.39 is 0 Å². The number of hydrogen-bond acceptors (Lipinski definition) is 4. The average Bonchev–Trinajstić information content (AvgIpc) is 3.02. The molecule has 0 aliphatic rings. The van der Waals surface area contributed by atoms with Crippen LogP contribution in [0.15, 0.2) is 66.2 Å². The van der Waals surface area contributed by atoms with Crippen LogP contribution in [0.25, 0.3) is 5.70 Å². The summed E-state index contributed by atoms with van der Waals surface area (Å²) in [4.78, 5) is 10.6. The Kier molecular flexibility index (Phi) is 17.6. The number of aryl methyl sites for hydroxylation is 1. The molecular weight excluding hydrogens is 521 g/mol. The van der Waals surface area contributed by atoms with Crippen LogP contribution >= 0.6 is 0 Å². The maximum atomic E-state index is 14.1. The van der Waals surface area contributed by atoms with Crippen LogP contribution < -0.4 is 16.4 Å². The second-order valence-electron chi connectivity index (χ2n) is 10.2. The quantitative estimate of drug-likeness (QED) is 0.140. The Balaban J connectivity index is 0.000000426. The molecule has 0 bridgehead atoms. The van der Waals surface area contributed by atoms with E-state index in [1.165, 1.54) is 49.3 Å². The third-order valence-corrected chi connectivity index (χ3v) is 7.37. The van der Waals surface area contributed by atoms with Gasteiger partial charge in [-0.2, -0.15) is 0 Å². The van der Waals surface area contributed by atoms with Crippen molar-refractivity contribution in [1.29, 1.82) is 0 Å². The highest BCUT2D eigenvalue weighted by molar-refractivity contribution is 5.79. The molecule has 0 fully saturated rings. The van der Waals surface area contributed by atoms with E-state index >= 15 is 0 Å². The summed E-state index contributed by atoms with van der Waals surface area (Å²) in [5.41, 5.74) is 14.6. The standard InChI is InChI=1S/C20H26FN3.C15H22O.C2H6/c1-5-13(3)19(23-4)16-11-10-15(12-18(16)22)24-20-14(6-2)8-7-9-17(20)21;1-3-5-7-14(6-4-2)15-10-8-13(12-16)9-11-15;1-2/h7-12,23-24H,5-6,22H2,1-4H3;8-12,14H,3-7H2,1-2H3;1-2H3. The van der Waals surface area contributed by atoms with E-state index in [2.05, 4.69) is 50.5 Å². The van der Waals surface area contributed by atoms with Gasteiger partial charge in [-0.1, -0.05) is 97.2 Å². The SMILES string of the molecule is CC.CCC(C)=C(NC)c1ccc(Nc2c(F)cccc2CC)cc1N.CCCCC(CCC)c1ccc(C=O)cc1. The molecule has 4 N–H and O–H groups in total. The lowest BCUT2D eigenvalue weighted by molar-refractivity contribution is 0.112. The molecule has 0 amide bonds. The smallest absolute Gasteiger partial charge is 0.150 e. The number of unbranched alkanes of at least 4 members (excludes halogenated alkanes) is 1. The second kappa shape index (κ2) is 20.3. The van der Waals surface area contributed by atoms with Gasteiger partial charge < -0.3 is 16.4 Å². The highest BCUT2D eigenvalue weighted by Crippen LogP contribution is 2.30. The minimum Gasteiger partial charge on any atom is -0.398 e. The number of allylic oxidation sites excluding steroid dienone is 1. The maximum absolute atomic E-state index is 14.1. The maximum Gasteiger partial charge on any atom is 0.150 e. The number of halogens is 1. The molecule has 0 heterocycles. The lowest BCUT2D eigenvalue weighted by Crippen LogP contribution is -2.09. The van der Waals surface area contributed by atoms with Crippen molar-refractivity contribution in [2.24, 2.45) is 0 Å².